The number of carbonyl (C=O) groups excluding carboxylic acids is 1. The fourth-order valence-electron chi connectivity index (χ4n) is 1.37. The second-order valence-electron chi connectivity index (χ2n) is 4.20. The molecule has 5 nitrogen and oxygen atoms in total. The van der Waals surface area contributed by atoms with Crippen LogP contribution < -0.4 is 10.6 Å². The van der Waals surface area contributed by atoms with Crippen LogP contribution in [0.1, 0.15) is 20.3 Å². The topological polar surface area (TPSA) is 70.6 Å². The van der Waals surface area contributed by atoms with Crippen LogP contribution in [0.25, 0.3) is 0 Å². The molecule has 1 atom stereocenters. The van der Waals surface area contributed by atoms with Crippen LogP contribution in [0.5, 0.6) is 0 Å². The summed E-state index contributed by atoms with van der Waals surface area (Å²) >= 11 is 0. The van der Waals surface area contributed by atoms with Gasteiger partial charge in [0.2, 0.25) is 5.91 Å². The quantitative estimate of drug-likeness (QED) is 0.546. The first kappa shape index (κ1) is 12.4. The number of ether oxygens (including phenoxy) is 1. The zero-order chi connectivity index (χ0) is 11.3. The molecule has 0 aliphatic carbocycles. The molecule has 0 aromatic rings. The summed E-state index contributed by atoms with van der Waals surface area (Å²) in [5.41, 5.74) is -0.196. The van der Waals surface area contributed by atoms with E-state index in [9.17, 15) is 4.79 Å². The third-order valence-corrected chi connectivity index (χ3v) is 2.63. The first-order valence-electron chi connectivity index (χ1n) is 5.34. The average molecular weight is 216 g/mol. The zero-order valence-corrected chi connectivity index (χ0v) is 9.38. The second-order valence-corrected chi connectivity index (χ2v) is 4.20. The lowest BCUT2D eigenvalue weighted by molar-refractivity contribution is -0.136. The molecule has 3 N–H and O–H groups in total. The molecular formula is C10H20N2O3. The van der Waals surface area contributed by atoms with Gasteiger partial charge in [-0.3, -0.25) is 4.79 Å². The van der Waals surface area contributed by atoms with Crippen molar-refractivity contribution in [2.24, 2.45) is 0 Å². The predicted molar refractivity (Wildman–Crippen MR) is 56.5 cm³/mol. The molecule has 1 heterocycles. The van der Waals surface area contributed by atoms with Gasteiger partial charge in [-0.25, -0.2) is 0 Å². The van der Waals surface area contributed by atoms with Gasteiger partial charge in [0.25, 0.3) is 0 Å². The van der Waals surface area contributed by atoms with Gasteiger partial charge in [0.1, 0.15) is 6.61 Å². The molecule has 0 spiro atoms. The van der Waals surface area contributed by atoms with E-state index in [2.05, 4.69) is 10.6 Å². The molecule has 1 saturated heterocycles. The van der Waals surface area contributed by atoms with Gasteiger partial charge in [-0.2, -0.15) is 0 Å². The van der Waals surface area contributed by atoms with Gasteiger partial charge in [-0.1, -0.05) is 6.92 Å². The number of aliphatic hydroxyl groups is 1. The Morgan fingerprint density at radius 1 is 1.67 bits per heavy atom. The molecule has 1 aliphatic heterocycles. The second kappa shape index (κ2) is 5.44. The minimum absolute atomic E-state index is 0.0267. The minimum Gasteiger partial charge on any atom is -0.394 e. The van der Waals surface area contributed by atoms with E-state index in [1.165, 1.54) is 0 Å². The van der Waals surface area contributed by atoms with Crippen LogP contribution in [0.15, 0.2) is 0 Å². The van der Waals surface area contributed by atoms with Gasteiger partial charge in [-0.05, 0) is 13.3 Å². The van der Waals surface area contributed by atoms with Crippen LogP contribution in [0.3, 0.4) is 0 Å². The van der Waals surface area contributed by atoms with E-state index >= 15 is 0 Å². The van der Waals surface area contributed by atoms with Crippen molar-refractivity contribution >= 4 is 5.91 Å². The summed E-state index contributed by atoms with van der Waals surface area (Å²) < 4.78 is 5.46. The highest BCUT2D eigenvalue weighted by atomic mass is 16.5. The summed E-state index contributed by atoms with van der Waals surface area (Å²) in [7, 11) is 0. The van der Waals surface area contributed by atoms with Crippen LogP contribution in [-0.2, 0) is 9.53 Å². The van der Waals surface area contributed by atoms with Gasteiger partial charge >= 0.3 is 0 Å². The number of rotatable bonds is 6. The van der Waals surface area contributed by atoms with E-state index in [0.29, 0.717) is 0 Å². The fourth-order valence-corrected chi connectivity index (χ4v) is 1.37. The van der Waals surface area contributed by atoms with E-state index in [1.807, 2.05) is 13.8 Å². The van der Waals surface area contributed by atoms with Crippen molar-refractivity contribution in [3.63, 3.8) is 0 Å². The molecule has 15 heavy (non-hydrogen) atoms. The number of aliphatic hydroxyl groups excluding tert-OH is 1. The number of amides is 1. The SMILES string of the molecule is CC[C@H](CO)NC(=O)COC1(C)CNC1. The monoisotopic (exact) mass is 216 g/mol. The molecule has 88 valence electrons. The third-order valence-electron chi connectivity index (χ3n) is 2.63. The Balaban J connectivity index is 2.18. The van der Waals surface area contributed by atoms with Crippen molar-refractivity contribution in [2.75, 3.05) is 26.3 Å². The number of hydrogen-bond donors (Lipinski definition) is 3. The molecule has 1 aliphatic rings. The summed E-state index contributed by atoms with van der Waals surface area (Å²) in [6, 6.07) is -0.159. The Morgan fingerprint density at radius 2 is 2.33 bits per heavy atom. The van der Waals surface area contributed by atoms with Gasteiger partial charge in [0.15, 0.2) is 0 Å². The summed E-state index contributed by atoms with van der Waals surface area (Å²) in [5, 5.41) is 14.7. The zero-order valence-electron chi connectivity index (χ0n) is 9.38. The number of hydrogen-bond acceptors (Lipinski definition) is 4. The lowest BCUT2D eigenvalue weighted by Crippen LogP contribution is -2.59. The third kappa shape index (κ3) is 3.77. The molecule has 5 heteroatoms. The maximum Gasteiger partial charge on any atom is 0.246 e. The predicted octanol–water partition coefficient (Wildman–Crippen LogP) is -0.748. The van der Waals surface area contributed by atoms with E-state index < -0.39 is 0 Å². The van der Waals surface area contributed by atoms with Crippen molar-refractivity contribution in [2.45, 2.75) is 31.9 Å². The number of nitrogens with one attached hydrogen (secondary N) is 2. The van der Waals surface area contributed by atoms with E-state index in [-0.39, 0.29) is 30.8 Å². The van der Waals surface area contributed by atoms with Crippen LogP contribution >= 0.6 is 0 Å². The Labute approximate surface area is 90.2 Å². The fraction of sp³-hybridized carbons (Fsp3) is 0.900. The maximum atomic E-state index is 11.4. The van der Waals surface area contributed by atoms with Crippen molar-refractivity contribution < 1.29 is 14.6 Å². The highest BCUT2D eigenvalue weighted by Crippen LogP contribution is 2.14. The minimum atomic E-state index is -0.196. The van der Waals surface area contributed by atoms with Crippen molar-refractivity contribution in [3.05, 3.63) is 0 Å². The lowest BCUT2D eigenvalue weighted by Gasteiger charge is -2.38. The summed E-state index contributed by atoms with van der Waals surface area (Å²) in [6.07, 6.45) is 0.723. The summed E-state index contributed by atoms with van der Waals surface area (Å²) in [5.74, 6) is -0.163. The normalized spacial score (nSPS) is 20.5. The van der Waals surface area contributed by atoms with Gasteiger partial charge in [0, 0.05) is 13.1 Å². The molecule has 0 radical (unpaired) electrons. The molecule has 0 aromatic heterocycles. The highest BCUT2D eigenvalue weighted by molar-refractivity contribution is 5.77. The van der Waals surface area contributed by atoms with Gasteiger partial charge in [-0.15, -0.1) is 0 Å². The lowest BCUT2D eigenvalue weighted by atomic mass is 10.0. The number of carbonyl (C=O) groups is 1. The molecule has 0 unspecified atom stereocenters. The van der Waals surface area contributed by atoms with Gasteiger partial charge in [0.05, 0.1) is 18.2 Å². The molecule has 0 aromatic carbocycles. The van der Waals surface area contributed by atoms with Crippen molar-refractivity contribution in [1.29, 1.82) is 0 Å². The first-order valence-corrected chi connectivity index (χ1v) is 5.34. The molecule has 1 rings (SSSR count). The molecule has 1 amide bonds. The molecule has 0 saturated carbocycles. The molecule has 1 fully saturated rings. The smallest absolute Gasteiger partial charge is 0.246 e. The van der Waals surface area contributed by atoms with Crippen LogP contribution in [-0.4, -0.2) is 49.0 Å². The van der Waals surface area contributed by atoms with E-state index in [0.717, 1.165) is 19.5 Å². The molecule has 0 bridgehead atoms. The Kier molecular flexibility index (Phi) is 4.50. The summed E-state index contributed by atoms with van der Waals surface area (Å²) in [4.78, 5) is 11.4. The van der Waals surface area contributed by atoms with Crippen LogP contribution in [0, 0.1) is 0 Å². The van der Waals surface area contributed by atoms with E-state index in [4.69, 9.17) is 9.84 Å². The first-order chi connectivity index (χ1) is 7.09. The Morgan fingerprint density at radius 3 is 2.73 bits per heavy atom. The van der Waals surface area contributed by atoms with Crippen LogP contribution in [0.4, 0.5) is 0 Å². The highest BCUT2D eigenvalue weighted by Gasteiger charge is 2.33. The van der Waals surface area contributed by atoms with Crippen molar-refractivity contribution in [1.82, 2.24) is 10.6 Å². The summed E-state index contributed by atoms with van der Waals surface area (Å²) in [6.45, 7) is 5.50. The Bertz CT molecular complexity index is 213. The average Bonchev–Trinajstić information content (AvgIpc) is 2.20. The standard InChI is InChI=1S/C10H20N2O3/c1-3-8(4-13)12-9(14)5-15-10(2)6-11-7-10/h8,11,13H,3-7H2,1-2H3,(H,12,14)/t8-/m1/s1. The van der Waals surface area contributed by atoms with Crippen LogP contribution in [0.2, 0.25) is 0 Å². The van der Waals surface area contributed by atoms with E-state index in [1.54, 1.807) is 0 Å². The van der Waals surface area contributed by atoms with Crippen molar-refractivity contribution in [3.8, 4) is 0 Å². The Hall–Kier alpha value is -0.650. The maximum absolute atomic E-state index is 11.4. The van der Waals surface area contributed by atoms with Gasteiger partial charge < -0.3 is 20.5 Å². The largest absolute Gasteiger partial charge is 0.394 e. The molecular weight excluding hydrogens is 196 g/mol.